The molecule has 5 nitrogen and oxygen atoms in total. The van der Waals surface area contributed by atoms with Crippen LogP contribution in [0.15, 0.2) is 29.3 Å². The Bertz CT molecular complexity index is 812. The number of methoxy groups -OCH3 is 1. The number of nitrogens with one attached hydrogen (secondary N) is 2. The van der Waals surface area contributed by atoms with E-state index in [1.807, 2.05) is 0 Å². The second-order valence-corrected chi connectivity index (χ2v) is 5.54. The number of phenolic OH excluding ortho intramolecular Hbond substituents is 1. The van der Waals surface area contributed by atoms with Crippen molar-refractivity contribution < 1.29 is 14.2 Å². The van der Waals surface area contributed by atoms with E-state index in [0.717, 1.165) is 0 Å². The molecular formula is C15H12Cl2FN3O2. The molecule has 1 aliphatic heterocycles. The van der Waals surface area contributed by atoms with E-state index in [1.165, 1.54) is 25.3 Å². The van der Waals surface area contributed by atoms with Crippen LogP contribution in [0.25, 0.3) is 0 Å². The van der Waals surface area contributed by atoms with Crippen molar-refractivity contribution in [3.05, 3.63) is 45.7 Å². The van der Waals surface area contributed by atoms with Gasteiger partial charge >= 0.3 is 0 Å². The first-order valence-electron chi connectivity index (χ1n) is 6.61. The van der Waals surface area contributed by atoms with Crippen LogP contribution in [-0.4, -0.2) is 24.7 Å². The monoisotopic (exact) mass is 355 g/mol. The molecule has 0 saturated carbocycles. The van der Waals surface area contributed by atoms with E-state index in [9.17, 15) is 9.50 Å². The van der Waals surface area contributed by atoms with Crippen molar-refractivity contribution >= 4 is 40.4 Å². The standard InChI is InChI=1S/C15H12Cl2FN3O2/c1-23-12-5-10-7(4-11(12)22)15(20-6-19-10)21-9-3-2-8(16)13(17)14(9)18/h2-5,19,22H,6H2,1H3,(H,20,21). The van der Waals surface area contributed by atoms with Crippen LogP contribution in [0.2, 0.25) is 10.0 Å². The van der Waals surface area contributed by atoms with Gasteiger partial charge in [-0.05, 0) is 18.2 Å². The number of ether oxygens (including phenoxy) is 1. The third-order valence-corrected chi connectivity index (χ3v) is 4.15. The Labute approximate surface area is 141 Å². The van der Waals surface area contributed by atoms with Crippen LogP contribution in [-0.2, 0) is 0 Å². The van der Waals surface area contributed by atoms with Crippen LogP contribution in [0, 0.1) is 5.82 Å². The van der Waals surface area contributed by atoms with Gasteiger partial charge in [-0.3, -0.25) is 0 Å². The van der Waals surface area contributed by atoms with Gasteiger partial charge < -0.3 is 20.5 Å². The number of halogens is 3. The van der Waals surface area contributed by atoms with E-state index in [2.05, 4.69) is 15.6 Å². The van der Waals surface area contributed by atoms with Gasteiger partial charge in [0, 0.05) is 11.6 Å². The number of aromatic hydroxyl groups is 1. The SMILES string of the molecule is COc1cc2c(cc1O)C(Nc1ccc(Cl)c(Cl)c1F)=NCN2. The molecule has 0 bridgehead atoms. The number of fused-ring (bicyclic) bond motifs is 1. The second kappa shape index (κ2) is 6.14. The minimum absolute atomic E-state index is 0.0425. The summed E-state index contributed by atoms with van der Waals surface area (Å²) >= 11 is 11.6. The van der Waals surface area contributed by atoms with Gasteiger partial charge in [-0.1, -0.05) is 23.2 Å². The number of hydrogen-bond donors (Lipinski definition) is 3. The Balaban J connectivity index is 1.99. The maximum Gasteiger partial charge on any atom is 0.166 e. The summed E-state index contributed by atoms with van der Waals surface area (Å²) in [5.74, 6) is 0.0194. The molecule has 1 aliphatic rings. The largest absolute Gasteiger partial charge is 0.504 e. The van der Waals surface area contributed by atoms with E-state index in [-0.39, 0.29) is 21.5 Å². The van der Waals surface area contributed by atoms with Crippen LogP contribution in [0.1, 0.15) is 5.56 Å². The third kappa shape index (κ3) is 2.87. The first-order chi connectivity index (χ1) is 11.0. The Hall–Kier alpha value is -2.18. The average Bonchev–Trinajstić information content (AvgIpc) is 2.55. The normalized spacial score (nSPS) is 13.0. The second-order valence-electron chi connectivity index (χ2n) is 4.76. The molecule has 0 aliphatic carbocycles. The van der Waals surface area contributed by atoms with Gasteiger partial charge in [-0.25, -0.2) is 9.38 Å². The molecule has 0 unspecified atom stereocenters. The molecule has 0 radical (unpaired) electrons. The van der Waals surface area contributed by atoms with Crippen molar-refractivity contribution in [2.75, 3.05) is 24.4 Å². The molecule has 0 aromatic heterocycles. The lowest BCUT2D eigenvalue weighted by atomic mass is 10.1. The summed E-state index contributed by atoms with van der Waals surface area (Å²) in [6.45, 7) is 0.298. The van der Waals surface area contributed by atoms with Crippen LogP contribution >= 0.6 is 23.2 Å². The highest BCUT2D eigenvalue weighted by molar-refractivity contribution is 6.42. The molecular weight excluding hydrogens is 344 g/mol. The van der Waals surface area contributed by atoms with Crippen molar-refractivity contribution in [1.82, 2.24) is 0 Å². The molecule has 0 spiro atoms. The molecule has 0 fully saturated rings. The molecule has 2 aromatic rings. The molecule has 0 atom stereocenters. The van der Waals surface area contributed by atoms with Gasteiger partial charge in [0.2, 0.25) is 0 Å². The first kappa shape index (κ1) is 15.7. The van der Waals surface area contributed by atoms with Crippen molar-refractivity contribution in [2.45, 2.75) is 0 Å². The van der Waals surface area contributed by atoms with E-state index in [1.54, 1.807) is 6.07 Å². The van der Waals surface area contributed by atoms with E-state index >= 15 is 0 Å². The van der Waals surface area contributed by atoms with E-state index in [0.29, 0.717) is 29.5 Å². The van der Waals surface area contributed by atoms with Crippen molar-refractivity contribution in [3.63, 3.8) is 0 Å². The number of hydrogen-bond acceptors (Lipinski definition) is 5. The van der Waals surface area contributed by atoms with Gasteiger partial charge in [0.15, 0.2) is 17.3 Å². The smallest absolute Gasteiger partial charge is 0.166 e. The number of phenols is 1. The summed E-state index contributed by atoms with van der Waals surface area (Å²) in [5, 5.41) is 15.8. The number of rotatable bonds is 2. The first-order valence-corrected chi connectivity index (χ1v) is 7.37. The maximum absolute atomic E-state index is 14.2. The summed E-state index contributed by atoms with van der Waals surface area (Å²) in [4.78, 5) is 4.26. The molecule has 23 heavy (non-hydrogen) atoms. The lowest BCUT2D eigenvalue weighted by molar-refractivity contribution is 0.373. The highest BCUT2D eigenvalue weighted by Gasteiger charge is 2.19. The molecule has 1 heterocycles. The Kier molecular flexibility index (Phi) is 4.19. The fourth-order valence-corrected chi connectivity index (χ4v) is 2.53. The number of aliphatic imine (C=N–C) groups is 1. The Morgan fingerprint density at radius 2 is 2.13 bits per heavy atom. The Morgan fingerprint density at radius 3 is 2.87 bits per heavy atom. The van der Waals surface area contributed by atoms with E-state index < -0.39 is 5.82 Å². The average molecular weight is 356 g/mol. The van der Waals surface area contributed by atoms with Gasteiger partial charge in [0.05, 0.1) is 28.5 Å². The number of amidine groups is 1. The molecule has 0 saturated heterocycles. The highest BCUT2D eigenvalue weighted by atomic mass is 35.5. The van der Waals surface area contributed by atoms with Gasteiger partial charge in [0.1, 0.15) is 12.5 Å². The minimum atomic E-state index is -0.667. The molecule has 0 amide bonds. The molecule has 3 N–H and O–H groups in total. The maximum atomic E-state index is 14.2. The van der Waals surface area contributed by atoms with Crippen LogP contribution in [0.5, 0.6) is 11.5 Å². The number of anilines is 2. The topological polar surface area (TPSA) is 65.9 Å². The minimum Gasteiger partial charge on any atom is -0.504 e. The quantitative estimate of drug-likeness (QED) is 0.560. The van der Waals surface area contributed by atoms with Gasteiger partial charge in [-0.15, -0.1) is 0 Å². The number of nitrogens with zero attached hydrogens (tertiary/aromatic N) is 1. The number of benzene rings is 2. The van der Waals surface area contributed by atoms with Crippen molar-refractivity contribution in [3.8, 4) is 11.5 Å². The fraction of sp³-hybridized carbons (Fsp3) is 0.133. The Morgan fingerprint density at radius 1 is 1.35 bits per heavy atom. The third-order valence-electron chi connectivity index (χ3n) is 3.37. The van der Waals surface area contributed by atoms with Gasteiger partial charge in [-0.2, -0.15) is 0 Å². The molecule has 120 valence electrons. The zero-order chi connectivity index (χ0) is 16.6. The zero-order valence-electron chi connectivity index (χ0n) is 12.0. The van der Waals surface area contributed by atoms with Crippen LogP contribution < -0.4 is 15.4 Å². The summed E-state index contributed by atoms with van der Waals surface area (Å²) < 4.78 is 19.2. The van der Waals surface area contributed by atoms with Crippen LogP contribution in [0.4, 0.5) is 15.8 Å². The fourth-order valence-electron chi connectivity index (χ4n) is 2.22. The highest BCUT2D eigenvalue weighted by Crippen LogP contribution is 2.35. The molecule has 8 heteroatoms. The van der Waals surface area contributed by atoms with Crippen molar-refractivity contribution in [2.24, 2.45) is 4.99 Å². The van der Waals surface area contributed by atoms with E-state index in [4.69, 9.17) is 27.9 Å². The predicted octanol–water partition coefficient (Wildman–Crippen LogP) is 4.09. The summed E-state index contributed by atoms with van der Waals surface area (Å²) in [7, 11) is 1.46. The summed E-state index contributed by atoms with van der Waals surface area (Å²) in [6.07, 6.45) is 0. The summed E-state index contributed by atoms with van der Waals surface area (Å²) in [6, 6.07) is 6.09. The van der Waals surface area contributed by atoms with Crippen LogP contribution in [0.3, 0.4) is 0 Å². The predicted molar refractivity (Wildman–Crippen MR) is 89.7 cm³/mol. The molecule has 2 aromatic carbocycles. The zero-order valence-corrected chi connectivity index (χ0v) is 13.5. The lowest BCUT2D eigenvalue weighted by Gasteiger charge is -2.21. The lowest BCUT2D eigenvalue weighted by Crippen LogP contribution is -2.22. The van der Waals surface area contributed by atoms with Crippen molar-refractivity contribution in [1.29, 1.82) is 0 Å². The van der Waals surface area contributed by atoms with Gasteiger partial charge in [0.25, 0.3) is 0 Å². The summed E-state index contributed by atoms with van der Waals surface area (Å²) in [5.41, 5.74) is 1.43. The molecule has 3 rings (SSSR count).